The van der Waals surface area contributed by atoms with Gasteiger partial charge >= 0.3 is 0 Å². The smallest absolute Gasteiger partial charge is 0.142 e. The lowest BCUT2D eigenvalue weighted by Gasteiger charge is -2.12. The van der Waals surface area contributed by atoms with Crippen LogP contribution in [0.3, 0.4) is 0 Å². The van der Waals surface area contributed by atoms with Crippen molar-refractivity contribution in [1.29, 1.82) is 0 Å². The van der Waals surface area contributed by atoms with E-state index < -0.39 is 0 Å². The fraction of sp³-hybridized carbons (Fsp3) is 0.357. The zero-order valence-electron chi connectivity index (χ0n) is 10.4. The summed E-state index contributed by atoms with van der Waals surface area (Å²) in [5.41, 5.74) is 2.49. The Balaban J connectivity index is 1.67. The first kappa shape index (κ1) is 12.4. The maximum absolute atomic E-state index is 13.3. The number of halogens is 1. The van der Waals surface area contributed by atoms with Crippen LogP contribution in [0.25, 0.3) is 0 Å². The molecule has 0 amide bonds. The van der Waals surface area contributed by atoms with Crippen LogP contribution in [0.4, 0.5) is 10.1 Å². The van der Waals surface area contributed by atoms with Gasteiger partial charge in [0.05, 0.1) is 24.3 Å². The Kier molecular flexibility index (Phi) is 3.64. The van der Waals surface area contributed by atoms with Gasteiger partial charge in [0.15, 0.2) is 0 Å². The number of ether oxygens (including phenoxy) is 1. The Morgan fingerprint density at radius 3 is 3.05 bits per heavy atom. The third-order valence-corrected chi connectivity index (χ3v) is 3.83. The zero-order chi connectivity index (χ0) is 13.1. The molecule has 1 N–H and O–H groups in total. The molecular weight excluding hydrogens is 263 g/mol. The van der Waals surface area contributed by atoms with Crippen molar-refractivity contribution in [3.8, 4) is 5.75 Å². The number of benzene rings is 1. The van der Waals surface area contributed by atoms with Crippen LogP contribution in [-0.4, -0.2) is 11.6 Å². The predicted molar refractivity (Wildman–Crippen MR) is 74.1 cm³/mol. The van der Waals surface area contributed by atoms with Crippen LogP contribution in [0.2, 0.25) is 0 Å². The Morgan fingerprint density at radius 2 is 2.32 bits per heavy atom. The van der Waals surface area contributed by atoms with E-state index in [0.29, 0.717) is 18.2 Å². The van der Waals surface area contributed by atoms with E-state index in [-0.39, 0.29) is 5.82 Å². The lowest BCUT2D eigenvalue weighted by Crippen LogP contribution is -2.04. The lowest BCUT2D eigenvalue weighted by molar-refractivity contribution is 0.300. The van der Waals surface area contributed by atoms with E-state index in [9.17, 15) is 4.39 Å². The average molecular weight is 278 g/mol. The first-order valence-electron chi connectivity index (χ1n) is 6.35. The van der Waals surface area contributed by atoms with Gasteiger partial charge in [-0.05, 0) is 30.9 Å². The van der Waals surface area contributed by atoms with Crippen molar-refractivity contribution in [2.75, 3.05) is 11.9 Å². The standard InChI is InChI=1S/C14H15FN2OS/c15-11-3-4-14(18-8-10-1-2-10)13(5-11)17-7-12-6-16-9-19-12/h3-6,9-10,17H,1-2,7-8H2. The van der Waals surface area contributed by atoms with E-state index in [1.807, 2.05) is 6.20 Å². The summed E-state index contributed by atoms with van der Waals surface area (Å²) in [6, 6.07) is 4.59. The summed E-state index contributed by atoms with van der Waals surface area (Å²) in [7, 11) is 0. The van der Waals surface area contributed by atoms with E-state index in [2.05, 4.69) is 10.3 Å². The molecule has 1 aliphatic carbocycles. The van der Waals surface area contributed by atoms with Crippen LogP contribution in [0.1, 0.15) is 17.7 Å². The number of rotatable bonds is 6. The van der Waals surface area contributed by atoms with E-state index in [1.165, 1.54) is 25.0 Å². The molecule has 5 heteroatoms. The van der Waals surface area contributed by atoms with Crippen molar-refractivity contribution in [1.82, 2.24) is 4.98 Å². The number of anilines is 1. The Morgan fingerprint density at radius 1 is 1.42 bits per heavy atom. The van der Waals surface area contributed by atoms with Gasteiger partial charge in [-0.2, -0.15) is 0 Å². The molecule has 0 atom stereocenters. The second-order valence-corrected chi connectivity index (χ2v) is 5.69. The van der Waals surface area contributed by atoms with Crippen molar-refractivity contribution in [3.63, 3.8) is 0 Å². The van der Waals surface area contributed by atoms with Gasteiger partial charge in [-0.15, -0.1) is 11.3 Å². The minimum absolute atomic E-state index is 0.259. The number of thiazole rings is 1. The SMILES string of the molecule is Fc1ccc(OCC2CC2)c(NCc2cncs2)c1. The van der Waals surface area contributed by atoms with Gasteiger partial charge in [0.25, 0.3) is 0 Å². The van der Waals surface area contributed by atoms with Gasteiger partial charge in [0, 0.05) is 17.1 Å². The molecule has 3 nitrogen and oxygen atoms in total. The maximum atomic E-state index is 13.3. The molecule has 0 spiro atoms. The normalized spacial score (nSPS) is 14.4. The molecule has 100 valence electrons. The summed E-state index contributed by atoms with van der Waals surface area (Å²) in [4.78, 5) is 5.12. The lowest BCUT2D eigenvalue weighted by atomic mass is 10.2. The zero-order valence-corrected chi connectivity index (χ0v) is 11.3. The largest absolute Gasteiger partial charge is 0.491 e. The van der Waals surface area contributed by atoms with Crippen molar-refractivity contribution in [2.24, 2.45) is 5.92 Å². The van der Waals surface area contributed by atoms with Crippen molar-refractivity contribution >= 4 is 17.0 Å². The van der Waals surface area contributed by atoms with E-state index in [1.54, 1.807) is 22.9 Å². The fourth-order valence-electron chi connectivity index (χ4n) is 1.77. The summed E-state index contributed by atoms with van der Waals surface area (Å²) in [6.45, 7) is 1.36. The summed E-state index contributed by atoms with van der Waals surface area (Å²) < 4.78 is 19.1. The molecule has 0 radical (unpaired) electrons. The highest BCUT2D eigenvalue weighted by atomic mass is 32.1. The number of nitrogens with one attached hydrogen (secondary N) is 1. The molecule has 0 saturated heterocycles. The number of aromatic nitrogens is 1. The van der Waals surface area contributed by atoms with Crippen LogP contribution >= 0.6 is 11.3 Å². The van der Waals surface area contributed by atoms with Gasteiger partial charge in [0.1, 0.15) is 11.6 Å². The highest BCUT2D eigenvalue weighted by molar-refractivity contribution is 7.09. The second kappa shape index (κ2) is 5.57. The predicted octanol–water partition coefficient (Wildman–Crippen LogP) is 3.68. The monoisotopic (exact) mass is 278 g/mol. The highest BCUT2D eigenvalue weighted by Gasteiger charge is 2.22. The van der Waals surface area contributed by atoms with Crippen LogP contribution in [0.5, 0.6) is 5.75 Å². The van der Waals surface area contributed by atoms with Crippen molar-refractivity contribution in [2.45, 2.75) is 19.4 Å². The minimum Gasteiger partial charge on any atom is -0.491 e. The quantitative estimate of drug-likeness (QED) is 0.875. The third-order valence-electron chi connectivity index (χ3n) is 3.05. The molecule has 1 heterocycles. The minimum atomic E-state index is -0.259. The molecule has 1 aliphatic rings. The molecule has 1 saturated carbocycles. The number of nitrogens with zero attached hydrogens (tertiary/aromatic N) is 1. The van der Waals surface area contributed by atoms with Crippen molar-refractivity contribution in [3.05, 3.63) is 40.6 Å². The van der Waals surface area contributed by atoms with Gasteiger partial charge in [-0.25, -0.2) is 4.39 Å². The molecular formula is C14H15FN2OS. The van der Waals surface area contributed by atoms with Crippen LogP contribution in [-0.2, 0) is 6.54 Å². The first-order chi connectivity index (χ1) is 9.31. The Labute approximate surface area is 115 Å². The molecule has 0 aliphatic heterocycles. The van der Waals surface area contributed by atoms with Gasteiger partial charge in [-0.3, -0.25) is 4.98 Å². The summed E-state index contributed by atoms with van der Waals surface area (Å²) in [5.74, 6) is 1.14. The number of hydrogen-bond donors (Lipinski definition) is 1. The first-order valence-corrected chi connectivity index (χ1v) is 7.23. The van der Waals surface area contributed by atoms with Crippen LogP contribution in [0.15, 0.2) is 29.9 Å². The van der Waals surface area contributed by atoms with E-state index >= 15 is 0 Å². The topological polar surface area (TPSA) is 34.1 Å². The molecule has 2 aromatic rings. The maximum Gasteiger partial charge on any atom is 0.142 e. The molecule has 1 fully saturated rings. The van der Waals surface area contributed by atoms with Gasteiger partial charge in [0.2, 0.25) is 0 Å². The van der Waals surface area contributed by atoms with E-state index in [0.717, 1.165) is 17.2 Å². The van der Waals surface area contributed by atoms with Gasteiger partial charge in [-0.1, -0.05) is 0 Å². The molecule has 1 aromatic heterocycles. The third kappa shape index (κ3) is 3.44. The molecule has 3 rings (SSSR count). The highest BCUT2D eigenvalue weighted by Crippen LogP contribution is 2.32. The van der Waals surface area contributed by atoms with Crippen LogP contribution < -0.4 is 10.1 Å². The van der Waals surface area contributed by atoms with E-state index in [4.69, 9.17) is 4.74 Å². The summed E-state index contributed by atoms with van der Waals surface area (Å²) >= 11 is 1.57. The summed E-state index contributed by atoms with van der Waals surface area (Å²) in [6.07, 6.45) is 4.29. The Hall–Kier alpha value is -1.62. The Bertz CT molecular complexity index is 540. The number of hydrogen-bond acceptors (Lipinski definition) is 4. The average Bonchev–Trinajstić information content (AvgIpc) is 3.09. The molecule has 0 bridgehead atoms. The molecule has 19 heavy (non-hydrogen) atoms. The fourth-order valence-corrected chi connectivity index (χ4v) is 2.30. The van der Waals surface area contributed by atoms with Crippen molar-refractivity contribution < 1.29 is 9.13 Å². The van der Waals surface area contributed by atoms with Gasteiger partial charge < -0.3 is 10.1 Å². The summed E-state index contributed by atoms with van der Waals surface area (Å²) in [5, 5.41) is 3.21. The van der Waals surface area contributed by atoms with Crippen LogP contribution in [0, 0.1) is 11.7 Å². The second-order valence-electron chi connectivity index (χ2n) is 4.72. The molecule has 0 unspecified atom stereocenters. The molecule has 1 aromatic carbocycles.